The van der Waals surface area contributed by atoms with Gasteiger partial charge in [-0.2, -0.15) is 5.26 Å². The van der Waals surface area contributed by atoms with E-state index in [1.807, 2.05) is 47.2 Å². The van der Waals surface area contributed by atoms with Crippen molar-refractivity contribution in [3.8, 4) is 17.5 Å². The van der Waals surface area contributed by atoms with Crippen LogP contribution in [0.15, 0.2) is 55.0 Å². The van der Waals surface area contributed by atoms with Gasteiger partial charge in [0.15, 0.2) is 0 Å². The van der Waals surface area contributed by atoms with Gasteiger partial charge in [-0.1, -0.05) is 0 Å². The van der Waals surface area contributed by atoms with Gasteiger partial charge in [-0.25, -0.2) is 9.97 Å². The van der Waals surface area contributed by atoms with Crippen LogP contribution >= 0.6 is 0 Å². The molecule has 3 rings (SSSR count). The Morgan fingerprint density at radius 1 is 1.10 bits per heavy atom. The Bertz CT molecular complexity index is 796. The number of nitrogen functional groups attached to an aromatic ring is 1. The highest BCUT2D eigenvalue weighted by molar-refractivity contribution is 5.59. The SMILES string of the molecule is N#Cc1cc(Cn2ccnc2-c2ccc(N)cc2)ccn1. The monoisotopic (exact) mass is 275 g/mol. The number of benzene rings is 1. The van der Waals surface area contributed by atoms with E-state index in [1.165, 1.54) is 0 Å². The van der Waals surface area contributed by atoms with Crippen molar-refractivity contribution in [2.24, 2.45) is 0 Å². The molecule has 1 aromatic carbocycles. The molecule has 21 heavy (non-hydrogen) atoms. The number of nitrogens with two attached hydrogens (primary N) is 1. The Labute approximate surface area is 122 Å². The first kappa shape index (κ1) is 12.9. The second kappa shape index (κ2) is 5.47. The number of imidazole rings is 1. The van der Waals surface area contributed by atoms with Crippen LogP contribution in [0.1, 0.15) is 11.3 Å². The molecular formula is C16H13N5. The number of hydrogen-bond acceptors (Lipinski definition) is 4. The summed E-state index contributed by atoms with van der Waals surface area (Å²) in [6, 6.07) is 13.3. The lowest BCUT2D eigenvalue weighted by Crippen LogP contribution is -2.02. The first-order chi connectivity index (χ1) is 10.3. The molecule has 5 nitrogen and oxygen atoms in total. The minimum Gasteiger partial charge on any atom is -0.399 e. The van der Waals surface area contributed by atoms with Gasteiger partial charge in [0.25, 0.3) is 0 Å². The van der Waals surface area contributed by atoms with Crippen molar-refractivity contribution >= 4 is 5.69 Å². The van der Waals surface area contributed by atoms with E-state index in [4.69, 9.17) is 11.0 Å². The van der Waals surface area contributed by atoms with Gasteiger partial charge in [-0.3, -0.25) is 0 Å². The summed E-state index contributed by atoms with van der Waals surface area (Å²) in [5.41, 5.74) is 8.87. The lowest BCUT2D eigenvalue weighted by molar-refractivity contribution is 0.805. The molecule has 102 valence electrons. The van der Waals surface area contributed by atoms with E-state index in [0.29, 0.717) is 12.2 Å². The Balaban J connectivity index is 1.92. The van der Waals surface area contributed by atoms with Crippen LogP contribution in [0.4, 0.5) is 5.69 Å². The highest BCUT2D eigenvalue weighted by Crippen LogP contribution is 2.20. The summed E-state index contributed by atoms with van der Waals surface area (Å²) >= 11 is 0. The molecule has 2 heterocycles. The van der Waals surface area contributed by atoms with Crippen LogP contribution < -0.4 is 5.73 Å². The zero-order valence-electron chi connectivity index (χ0n) is 11.3. The third-order valence-corrected chi connectivity index (χ3v) is 3.18. The van der Waals surface area contributed by atoms with Crippen LogP contribution in [0, 0.1) is 11.3 Å². The van der Waals surface area contributed by atoms with Crippen LogP contribution in [0.2, 0.25) is 0 Å². The molecular weight excluding hydrogens is 262 g/mol. The molecule has 3 aromatic rings. The van der Waals surface area contributed by atoms with Gasteiger partial charge in [-0.05, 0) is 42.0 Å². The average molecular weight is 275 g/mol. The van der Waals surface area contributed by atoms with E-state index < -0.39 is 0 Å². The van der Waals surface area contributed by atoms with Gasteiger partial charge in [0.1, 0.15) is 17.6 Å². The maximum Gasteiger partial charge on any atom is 0.140 e. The highest BCUT2D eigenvalue weighted by atomic mass is 15.1. The van der Waals surface area contributed by atoms with Crippen LogP contribution in [-0.2, 0) is 6.54 Å². The topological polar surface area (TPSA) is 80.5 Å². The van der Waals surface area contributed by atoms with Crippen molar-refractivity contribution < 1.29 is 0 Å². The number of anilines is 1. The second-order valence-corrected chi connectivity index (χ2v) is 4.66. The summed E-state index contributed by atoms with van der Waals surface area (Å²) in [7, 11) is 0. The van der Waals surface area contributed by atoms with Gasteiger partial charge in [0.05, 0.1) is 0 Å². The number of pyridine rings is 1. The third-order valence-electron chi connectivity index (χ3n) is 3.18. The van der Waals surface area contributed by atoms with E-state index in [-0.39, 0.29) is 0 Å². The molecule has 0 amide bonds. The molecule has 2 N–H and O–H groups in total. The lowest BCUT2D eigenvalue weighted by Gasteiger charge is -2.08. The maximum absolute atomic E-state index is 8.90. The summed E-state index contributed by atoms with van der Waals surface area (Å²) in [5, 5.41) is 8.90. The molecule has 0 unspecified atom stereocenters. The number of rotatable bonds is 3. The van der Waals surface area contributed by atoms with Crippen molar-refractivity contribution in [1.82, 2.24) is 14.5 Å². The number of nitriles is 1. The quantitative estimate of drug-likeness (QED) is 0.744. The zero-order valence-corrected chi connectivity index (χ0v) is 11.3. The largest absolute Gasteiger partial charge is 0.399 e. The molecule has 2 aromatic heterocycles. The molecule has 0 spiro atoms. The molecule has 0 saturated carbocycles. The molecule has 0 aliphatic rings. The summed E-state index contributed by atoms with van der Waals surface area (Å²) in [4.78, 5) is 8.37. The van der Waals surface area contributed by atoms with Gasteiger partial charge in [0.2, 0.25) is 0 Å². The van der Waals surface area contributed by atoms with Crippen LogP contribution in [0.25, 0.3) is 11.4 Å². The fourth-order valence-electron chi connectivity index (χ4n) is 2.16. The number of hydrogen-bond donors (Lipinski definition) is 1. The molecule has 0 bridgehead atoms. The van der Waals surface area contributed by atoms with Crippen LogP contribution in [0.5, 0.6) is 0 Å². The average Bonchev–Trinajstić information content (AvgIpc) is 2.96. The lowest BCUT2D eigenvalue weighted by atomic mass is 10.2. The predicted octanol–water partition coefficient (Wildman–Crippen LogP) is 2.45. The molecule has 0 aliphatic carbocycles. The summed E-state index contributed by atoms with van der Waals surface area (Å²) in [6.45, 7) is 0.636. The molecule has 0 saturated heterocycles. The Morgan fingerprint density at radius 2 is 1.90 bits per heavy atom. The third kappa shape index (κ3) is 2.74. The maximum atomic E-state index is 8.90. The Hall–Kier alpha value is -3.13. The normalized spacial score (nSPS) is 10.2. The van der Waals surface area contributed by atoms with Crippen molar-refractivity contribution in [3.05, 3.63) is 66.2 Å². The van der Waals surface area contributed by atoms with E-state index >= 15 is 0 Å². The van der Waals surface area contributed by atoms with E-state index in [2.05, 4.69) is 9.97 Å². The fourth-order valence-corrected chi connectivity index (χ4v) is 2.16. The highest BCUT2D eigenvalue weighted by Gasteiger charge is 2.07. The van der Waals surface area contributed by atoms with Gasteiger partial charge in [-0.15, -0.1) is 0 Å². The van der Waals surface area contributed by atoms with Crippen molar-refractivity contribution in [3.63, 3.8) is 0 Å². The summed E-state index contributed by atoms with van der Waals surface area (Å²) < 4.78 is 2.03. The van der Waals surface area contributed by atoms with Crippen LogP contribution in [-0.4, -0.2) is 14.5 Å². The second-order valence-electron chi connectivity index (χ2n) is 4.66. The Morgan fingerprint density at radius 3 is 2.67 bits per heavy atom. The first-order valence-corrected chi connectivity index (χ1v) is 6.48. The predicted molar refractivity (Wildman–Crippen MR) is 80.1 cm³/mol. The smallest absolute Gasteiger partial charge is 0.140 e. The zero-order chi connectivity index (χ0) is 14.7. The standard InChI is InChI=1S/C16H13N5/c17-10-15-9-12(5-6-19-15)11-21-8-7-20-16(21)13-1-3-14(18)4-2-13/h1-9H,11,18H2. The number of aromatic nitrogens is 3. The summed E-state index contributed by atoms with van der Waals surface area (Å²) in [6.07, 6.45) is 5.32. The molecule has 5 heteroatoms. The summed E-state index contributed by atoms with van der Waals surface area (Å²) in [5.74, 6) is 0.866. The van der Waals surface area contributed by atoms with Gasteiger partial charge >= 0.3 is 0 Å². The van der Waals surface area contributed by atoms with Crippen molar-refractivity contribution in [2.75, 3.05) is 5.73 Å². The van der Waals surface area contributed by atoms with E-state index in [9.17, 15) is 0 Å². The Kier molecular flexibility index (Phi) is 3.36. The van der Waals surface area contributed by atoms with Gasteiger partial charge < -0.3 is 10.3 Å². The fraction of sp³-hybridized carbons (Fsp3) is 0.0625. The molecule has 0 radical (unpaired) electrons. The van der Waals surface area contributed by atoms with E-state index in [0.717, 1.165) is 22.6 Å². The molecule has 0 fully saturated rings. The van der Waals surface area contributed by atoms with Gasteiger partial charge in [0, 0.05) is 36.4 Å². The first-order valence-electron chi connectivity index (χ1n) is 6.48. The van der Waals surface area contributed by atoms with Crippen molar-refractivity contribution in [2.45, 2.75) is 6.54 Å². The number of nitrogens with zero attached hydrogens (tertiary/aromatic N) is 4. The van der Waals surface area contributed by atoms with Crippen molar-refractivity contribution in [1.29, 1.82) is 5.26 Å². The minimum absolute atomic E-state index is 0.418. The molecule has 0 aliphatic heterocycles. The van der Waals surface area contributed by atoms with E-state index in [1.54, 1.807) is 18.5 Å². The minimum atomic E-state index is 0.418. The molecule has 0 atom stereocenters. The van der Waals surface area contributed by atoms with Crippen LogP contribution in [0.3, 0.4) is 0 Å².